The Labute approximate surface area is 131 Å². The van der Waals surface area contributed by atoms with Crippen LogP contribution in [0.15, 0.2) is 41.8 Å². The number of hydrogen-bond acceptors (Lipinski definition) is 3. The van der Waals surface area contributed by atoms with Crippen molar-refractivity contribution in [3.05, 3.63) is 52.2 Å². The molecule has 1 aromatic carbocycles. The van der Waals surface area contributed by atoms with Gasteiger partial charge in [0.25, 0.3) is 0 Å². The molecule has 2 heterocycles. The van der Waals surface area contributed by atoms with E-state index in [4.69, 9.17) is 4.74 Å². The molecule has 2 nitrogen and oxygen atoms in total. The molecule has 0 saturated carbocycles. The fraction of sp³-hybridized carbons (Fsp3) is 0.444. The van der Waals surface area contributed by atoms with E-state index >= 15 is 0 Å². The monoisotopic (exact) mass is 301 g/mol. The Morgan fingerprint density at radius 1 is 1.24 bits per heavy atom. The zero-order valence-electron chi connectivity index (χ0n) is 12.9. The summed E-state index contributed by atoms with van der Waals surface area (Å²) < 4.78 is 5.83. The number of ether oxygens (including phenoxy) is 1. The van der Waals surface area contributed by atoms with Gasteiger partial charge in [-0.1, -0.05) is 45.0 Å². The zero-order chi connectivity index (χ0) is 14.9. The van der Waals surface area contributed by atoms with Crippen molar-refractivity contribution in [2.75, 3.05) is 13.2 Å². The van der Waals surface area contributed by atoms with Crippen LogP contribution >= 0.6 is 11.3 Å². The van der Waals surface area contributed by atoms with Crippen LogP contribution in [0.2, 0.25) is 0 Å². The largest absolute Gasteiger partial charge is 0.493 e. The predicted octanol–water partition coefficient (Wildman–Crippen LogP) is 4.39. The molecule has 0 aliphatic carbocycles. The van der Waals surface area contributed by atoms with E-state index in [0.717, 1.165) is 18.9 Å². The fourth-order valence-electron chi connectivity index (χ4n) is 2.92. The van der Waals surface area contributed by atoms with Crippen LogP contribution < -0.4 is 10.1 Å². The van der Waals surface area contributed by atoms with Gasteiger partial charge in [-0.05, 0) is 17.5 Å². The van der Waals surface area contributed by atoms with Crippen molar-refractivity contribution in [3.8, 4) is 5.75 Å². The third kappa shape index (κ3) is 2.99. The summed E-state index contributed by atoms with van der Waals surface area (Å²) in [4.78, 5) is 1.43. The molecule has 2 aromatic rings. The Morgan fingerprint density at radius 2 is 2.05 bits per heavy atom. The smallest absolute Gasteiger partial charge is 0.124 e. The molecule has 0 amide bonds. The van der Waals surface area contributed by atoms with Crippen molar-refractivity contribution in [1.29, 1.82) is 0 Å². The lowest BCUT2D eigenvalue weighted by Crippen LogP contribution is -2.40. The van der Waals surface area contributed by atoms with Crippen LogP contribution in [0.4, 0.5) is 0 Å². The van der Waals surface area contributed by atoms with Crippen molar-refractivity contribution in [3.63, 3.8) is 0 Å². The first-order valence-corrected chi connectivity index (χ1v) is 8.45. The van der Waals surface area contributed by atoms with Gasteiger partial charge in [-0.3, -0.25) is 0 Å². The van der Waals surface area contributed by atoms with Gasteiger partial charge in [0.05, 0.1) is 6.61 Å². The van der Waals surface area contributed by atoms with Gasteiger partial charge in [-0.15, -0.1) is 11.3 Å². The second-order valence-electron chi connectivity index (χ2n) is 6.55. The molecule has 1 N–H and O–H groups in total. The maximum Gasteiger partial charge on any atom is 0.124 e. The van der Waals surface area contributed by atoms with Crippen molar-refractivity contribution in [2.45, 2.75) is 32.2 Å². The summed E-state index contributed by atoms with van der Waals surface area (Å²) in [5.41, 5.74) is 1.44. The highest BCUT2D eigenvalue weighted by atomic mass is 32.1. The maximum atomic E-state index is 5.83. The quantitative estimate of drug-likeness (QED) is 0.904. The van der Waals surface area contributed by atoms with Crippen LogP contribution in [0, 0.1) is 5.92 Å². The van der Waals surface area contributed by atoms with Gasteiger partial charge < -0.3 is 10.1 Å². The molecule has 1 aromatic heterocycles. The van der Waals surface area contributed by atoms with Crippen molar-refractivity contribution >= 4 is 11.3 Å². The first kappa shape index (κ1) is 14.6. The van der Waals surface area contributed by atoms with Crippen LogP contribution in [0.3, 0.4) is 0 Å². The summed E-state index contributed by atoms with van der Waals surface area (Å²) in [6, 6.07) is 13.1. The van der Waals surface area contributed by atoms with E-state index in [2.05, 4.69) is 61.8 Å². The highest BCUT2D eigenvalue weighted by Crippen LogP contribution is 2.36. The van der Waals surface area contributed by atoms with Crippen molar-refractivity contribution in [1.82, 2.24) is 5.32 Å². The lowest BCUT2D eigenvalue weighted by atomic mass is 9.88. The molecule has 2 atom stereocenters. The normalized spacial score (nSPS) is 21.7. The Hall–Kier alpha value is -1.32. The van der Waals surface area contributed by atoms with Crippen molar-refractivity contribution < 1.29 is 4.74 Å². The number of para-hydroxylation sites is 1. The molecule has 0 radical (unpaired) electrons. The molecule has 1 aliphatic heterocycles. The minimum absolute atomic E-state index is 0.154. The summed E-state index contributed by atoms with van der Waals surface area (Å²) in [5.74, 6) is 1.51. The Bertz CT molecular complexity index is 591. The SMILES string of the molecule is CC1COc2ccccc2C1NCC(C)(C)c1cccs1. The van der Waals surface area contributed by atoms with E-state index in [0.29, 0.717) is 12.0 Å². The Balaban J connectivity index is 1.76. The van der Waals surface area contributed by atoms with Gasteiger partial charge in [0.2, 0.25) is 0 Å². The number of thiophene rings is 1. The van der Waals surface area contributed by atoms with Gasteiger partial charge in [-0.25, -0.2) is 0 Å². The second kappa shape index (κ2) is 5.82. The van der Waals surface area contributed by atoms with Crippen LogP contribution in [0.5, 0.6) is 5.75 Å². The van der Waals surface area contributed by atoms with Gasteiger partial charge >= 0.3 is 0 Å². The van der Waals surface area contributed by atoms with E-state index in [1.165, 1.54) is 10.4 Å². The molecule has 0 bridgehead atoms. The van der Waals surface area contributed by atoms with Crippen molar-refractivity contribution in [2.24, 2.45) is 5.92 Å². The average Bonchev–Trinajstić information content (AvgIpc) is 3.01. The van der Waals surface area contributed by atoms with Crippen LogP contribution in [0.1, 0.15) is 37.3 Å². The molecular weight excluding hydrogens is 278 g/mol. The van der Waals surface area contributed by atoms with E-state index in [9.17, 15) is 0 Å². The maximum absolute atomic E-state index is 5.83. The number of rotatable bonds is 4. The number of hydrogen-bond donors (Lipinski definition) is 1. The molecule has 0 saturated heterocycles. The Morgan fingerprint density at radius 3 is 2.81 bits per heavy atom. The standard InChI is InChI=1S/C18H23NOS/c1-13-11-20-15-8-5-4-7-14(15)17(13)19-12-18(2,3)16-9-6-10-21-16/h4-10,13,17,19H,11-12H2,1-3H3. The lowest BCUT2D eigenvalue weighted by Gasteiger charge is -2.35. The molecule has 0 spiro atoms. The highest BCUT2D eigenvalue weighted by molar-refractivity contribution is 7.10. The van der Waals surface area contributed by atoms with E-state index in [1.807, 2.05) is 17.4 Å². The predicted molar refractivity (Wildman–Crippen MR) is 89.2 cm³/mol. The third-order valence-corrected chi connectivity index (χ3v) is 5.51. The number of benzene rings is 1. The molecule has 21 heavy (non-hydrogen) atoms. The summed E-state index contributed by atoms with van der Waals surface area (Å²) in [7, 11) is 0. The molecule has 2 unspecified atom stereocenters. The average molecular weight is 301 g/mol. The topological polar surface area (TPSA) is 21.3 Å². The van der Waals surface area contributed by atoms with E-state index in [1.54, 1.807) is 0 Å². The summed E-state index contributed by atoms with van der Waals surface area (Å²) >= 11 is 1.84. The van der Waals surface area contributed by atoms with E-state index in [-0.39, 0.29) is 5.41 Å². The lowest BCUT2D eigenvalue weighted by molar-refractivity contribution is 0.184. The van der Waals surface area contributed by atoms with Gasteiger partial charge in [0.1, 0.15) is 5.75 Å². The number of nitrogens with one attached hydrogen (secondary N) is 1. The minimum Gasteiger partial charge on any atom is -0.493 e. The van der Waals surface area contributed by atoms with Gasteiger partial charge in [0, 0.05) is 34.4 Å². The van der Waals surface area contributed by atoms with Gasteiger partial charge in [-0.2, -0.15) is 0 Å². The second-order valence-corrected chi connectivity index (χ2v) is 7.49. The van der Waals surface area contributed by atoms with Gasteiger partial charge in [0.15, 0.2) is 0 Å². The van der Waals surface area contributed by atoms with Crippen LogP contribution in [-0.2, 0) is 5.41 Å². The first-order chi connectivity index (χ1) is 10.1. The first-order valence-electron chi connectivity index (χ1n) is 7.57. The zero-order valence-corrected chi connectivity index (χ0v) is 13.7. The molecule has 0 fully saturated rings. The minimum atomic E-state index is 0.154. The summed E-state index contributed by atoms with van der Waals surface area (Å²) in [6.07, 6.45) is 0. The molecule has 112 valence electrons. The fourth-order valence-corrected chi connectivity index (χ4v) is 3.77. The van der Waals surface area contributed by atoms with E-state index < -0.39 is 0 Å². The number of fused-ring (bicyclic) bond motifs is 1. The highest BCUT2D eigenvalue weighted by Gasteiger charge is 2.30. The molecule has 1 aliphatic rings. The summed E-state index contributed by atoms with van der Waals surface area (Å²) in [6.45, 7) is 8.63. The van der Waals surface area contributed by atoms with Crippen LogP contribution in [-0.4, -0.2) is 13.2 Å². The molecular formula is C18H23NOS. The molecule has 3 rings (SSSR count). The summed E-state index contributed by atoms with van der Waals surface area (Å²) in [5, 5.41) is 5.94. The third-order valence-electron chi connectivity index (χ3n) is 4.28. The Kier molecular flexibility index (Phi) is 4.05. The molecule has 3 heteroatoms. The van der Waals surface area contributed by atoms with Crippen LogP contribution in [0.25, 0.3) is 0 Å².